The Morgan fingerprint density at radius 3 is 3.17 bits per heavy atom. The second-order valence-electron chi connectivity index (χ2n) is 6.07. The average Bonchev–Trinajstić information content (AvgIpc) is 3.35. The van der Waals surface area contributed by atoms with Crippen molar-refractivity contribution in [3.8, 4) is 11.3 Å². The van der Waals surface area contributed by atoms with Gasteiger partial charge in [0, 0.05) is 36.4 Å². The molecule has 1 aliphatic heterocycles. The molecule has 1 unspecified atom stereocenters. The monoisotopic (exact) mass is 319 g/mol. The molecule has 7 nitrogen and oxygen atoms in total. The molecule has 24 heavy (non-hydrogen) atoms. The third kappa shape index (κ3) is 2.09. The molecule has 2 aliphatic rings. The van der Waals surface area contributed by atoms with Crippen molar-refractivity contribution >= 4 is 11.5 Å². The van der Waals surface area contributed by atoms with E-state index < -0.39 is 0 Å². The van der Waals surface area contributed by atoms with Gasteiger partial charge in [-0.25, -0.2) is 9.97 Å². The molecule has 0 bridgehead atoms. The highest BCUT2D eigenvalue weighted by molar-refractivity contribution is 5.70. The summed E-state index contributed by atoms with van der Waals surface area (Å²) in [5.74, 6) is 0.803. The summed E-state index contributed by atoms with van der Waals surface area (Å²) in [6, 6.07) is 0.247. The number of allylic oxidation sites excluding steroid dienone is 1. The molecule has 1 atom stereocenters. The van der Waals surface area contributed by atoms with Crippen molar-refractivity contribution in [2.24, 2.45) is 0 Å². The van der Waals surface area contributed by atoms with Crippen molar-refractivity contribution < 1.29 is 0 Å². The van der Waals surface area contributed by atoms with Gasteiger partial charge in [0.1, 0.15) is 0 Å². The molecule has 120 valence electrons. The number of aromatic nitrogens is 5. The van der Waals surface area contributed by atoms with Crippen LogP contribution in [0.2, 0.25) is 0 Å². The fraction of sp³-hybridized carbons (Fsp3) is 0.235. The van der Waals surface area contributed by atoms with Crippen LogP contribution in [0.25, 0.3) is 16.9 Å². The Labute approximate surface area is 138 Å². The van der Waals surface area contributed by atoms with Crippen molar-refractivity contribution in [1.82, 2.24) is 29.9 Å². The van der Waals surface area contributed by atoms with Gasteiger partial charge in [0.2, 0.25) is 0 Å². The van der Waals surface area contributed by atoms with Crippen molar-refractivity contribution in [2.45, 2.75) is 18.9 Å². The fourth-order valence-electron chi connectivity index (χ4n) is 3.41. The van der Waals surface area contributed by atoms with E-state index in [4.69, 9.17) is 0 Å². The van der Waals surface area contributed by atoms with Crippen LogP contribution in [0, 0.1) is 0 Å². The number of hydrogen-bond donors (Lipinski definition) is 3. The number of fused-ring (bicyclic) bond motifs is 2. The first kappa shape index (κ1) is 13.4. The molecule has 0 aromatic carbocycles. The summed E-state index contributed by atoms with van der Waals surface area (Å²) in [7, 11) is 0. The molecule has 4 heterocycles. The van der Waals surface area contributed by atoms with Gasteiger partial charge in [0.25, 0.3) is 0 Å². The number of rotatable bonds is 3. The maximum absolute atomic E-state index is 4.61. The van der Waals surface area contributed by atoms with Gasteiger partial charge < -0.3 is 10.6 Å². The summed E-state index contributed by atoms with van der Waals surface area (Å²) in [4.78, 5) is 9.09. The molecule has 5 rings (SSSR count). The lowest BCUT2D eigenvalue weighted by Crippen LogP contribution is -2.21. The molecular weight excluding hydrogens is 302 g/mol. The molecule has 1 saturated heterocycles. The van der Waals surface area contributed by atoms with E-state index in [9.17, 15) is 0 Å². The van der Waals surface area contributed by atoms with Gasteiger partial charge in [-0.05, 0) is 18.4 Å². The Hall–Kier alpha value is -3.09. The lowest BCUT2D eigenvalue weighted by Gasteiger charge is -2.20. The van der Waals surface area contributed by atoms with Gasteiger partial charge in [0.05, 0.1) is 24.1 Å². The first-order valence-electron chi connectivity index (χ1n) is 8.11. The molecule has 0 saturated carbocycles. The largest absolute Gasteiger partial charge is 0.385 e. The predicted octanol–water partition coefficient (Wildman–Crippen LogP) is 2.11. The molecule has 7 heteroatoms. The maximum Gasteiger partial charge on any atom is 0.180 e. The molecule has 1 fully saturated rings. The number of imidazole rings is 1. The molecule has 0 spiro atoms. The van der Waals surface area contributed by atoms with Crippen molar-refractivity contribution in [3.05, 3.63) is 54.4 Å². The summed E-state index contributed by atoms with van der Waals surface area (Å²) in [5, 5.41) is 13.8. The summed E-state index contributed by atoms with van der Waals surface area (Å²) >= 11 is 0. The van der Waals surface area contributed by atoms with Crippen LogP contribution >= 0.6 is 0 Å². The first-order chi connectivity index (χ1) is 11.9. The Morgan fingerprint density at radius 1 is 1.25 bits per heavy atom. The van der Waals surface area contributed by atoms with E-state index in [1.54, 1.807) is 12.4 Å². The van der Waals surface area contributed by atoms with Crippen molar-refractivity contribution in [1.29, 1.82) is 0 Å². The predicted molar refractivity (Wildman–Crippen MR) is 91.4 cm³/mol. The second-order valence-corrected chi connectivity index (χ2v) is 6.07. The quantitative estimate of drug-likeness (QED) is 0.689. The van der Waals surface area contributed by atoms with E-state index in [1.165, 1.54) is 11.3 Å². The Balaban J connectivity index is 1.49. The van der Waals surface area contributed by atoms with Crippen LogP contribution in [-0.2, 0) is 0 Å². The number of H-pyrrole nitrogens is 1. The number of nitrogens with one attached hydrogen (secondary N) is 3. The lowest BCUT2D eigenvalue weighted by molar-refractivity contribution is 0.843. The van der Waals surface area contributed by atoms with Gasteiger partial charge in [-0.3, -0.25) is 9.50 Å². The van der Waals surface area contributed by atoms with Gasteiger partial charge in [-0.15, -0.1) is 0 Å². The Bertz CT molecular complexity index is 949. The van der Waals surface area contributed by atoms with E-state index in [1.807, 2.05) is 23.0 Å². The van der Waals surface area contributed by atoms with Gasteiger partial charge in [0.15, 0.2) is 11.5 Å². The van der Waals surface area contributed by atoms with E-state index >= 15 is 0 Å². The van der Waals surface area contributed by atoms with Crippen LogP contribution < -0.4 is 10.6 Å². The topological polar surface area (TPSA) is 82.9 Å². The summed E-state index contributed by atoms with van der Waals surface area (Å²) in [5.41, 5.74) is 5.47. The summed E-state index contributed by atoms with van der Waals surface area (Å²) < 4.78 is 2.04. The highest BCUT2D eigenvalue weighted by Gasteiger charge is 2.20. The molecule has 3 aromatic rings. The van der Waals surface area contributed by atoms with Crippen LogP contribution in [0.15, 0.2) is 54.4 Å². The smallest absolute Gasteiger partial charge is 0.180 e. The Kier molecular flexibility index (Phi) is 2.91. The minimum absolute atomic E-state index is 0.247. The van der Waals surface area contributed by atoms with Crippen molar-refractivity contribution in [3.63, 3.8) is 0 Å². The number of aromatic amines is 1. The Morgan fingerprint density at radius 2 is 2.25 bits per heavy atom. The second kappa shape index (κ2) is 5.23. The number of hydrogen-bond acceptors (Lipinski definition) is 5. The maximum atomic E-state index is 4.61. The van der Waals surface area contributed by atoms with E-state index in [-0.39, 0.29) is 6.04 Å². The molecule has 3 N–H and O–H groups in total. The standard InChI is InChI=1S/C17H17N7/c1-2-14-11(3-4-18-14)7-13(1)23-16-17-19-5-6-24(17)15(10-20-16)12-8-21-22-9-12/h2,5-10,13,18H,1,3-4H2,(H,20,23)(H,21,22). The molecule has 0 radical (unpaired) electrons. The number of nitrogens with zero attached hydrogens (tertiary/aromatic N) is 4. The SMILES string of the molecule is C1=C2CCNC2=CCC1Nc1ncc(-c2cn[nH]c2)n2ccnc12. The first-order valence-corrected chi connectivity index (χ1v) is 8.11. The highest BCUT2D eigenvalue weighted by Crippen LogP contribution is 2.27. The highest BCUT2D eigenvalue weighted by atomic mass is 15.1. The normalized spacial score (nSPS) is 19.6. The fourth-order valence-corrected chi connectivity index (χ4v) is 3.41. The van der Waals surface area contributed by atoms with Crippen LogP contribution in [0.4, 0.5) is 5.82 Å². The van der Waals surface area contributed by atoms with E-state index in [2.05, 4.69) is 43.0 Å². The number of anilines is 1. The summed E-state index contributed by atoms with van der Waals surface area (Å²) in [6.45, 7) is 1.03. The third-order valence-electron chi connectivity index (χ3n) is 4.58. The average molecular weight is 319 g/mol. The zero-order valence-electron chi connectivity index (χ0n) is 13.0. The minimum atomic E-state index is 0.247. The van der Waals surface area contributed by atoms with E-state index in [0.717, 1.165) is 42.1 Å². The molecule has 1 aliphatic carbocycles. The van der Waals surface area contributed by atoms with Gasteiger partial charge in [-0.1, -0.05) is 12.2 Å². The van der Waals surface area contributed by atoms with Crippen LogP contribution in [0.3, 0.4) is 0 Å². The zero-order valence-corrected chi connectivity index (χ0v) is 13.0. The van der Waals surface area contributed by atoms with Crippen molar-refractivity contribution in [2.75, 3.05) is 11.9 Å². The van der Waals surface area contributed by atoms with Crippen LogP contribution in [0.5, 0.6) is 0 Å². The van der Waals surface area contributed by atoms with Gasteiger partial charge in [-0.2, -0.15) is 5.10 Å². The molecule has 0 amide bonds. The molecular formula is C17H17N7. The summed E-state index contributed by atoms with van der Waals surface area (Å²) in [6.07, 6.45) is 15.9. The minimum Gasteiger partial charge on any atom is -0.385 e. The van der Waals surface area contributed by atoms with Crippen LogP contribution in [-0.4, -0.2) is 37.2 Å². The lowest BCUT2D eigenvalue weighted by atomic mass is 10.00. The van der Waals surface area contributed by atoms with Gasteiger partial charge >= 0.3 is 0 Å². The zero-order chi connectivity index (χ0) is 15.9. The third-order valence-corrected chi connectivity index (χ3v) is 4.58. The van der Waals surface area contributed by atoms with Crippen LogP contribution in [0.1, 0.15) is 12.8 Å². The van der Waals surface area contributed by atoms with E-state index in [0.29, 0.717) is 0 Å². The molecule has 3 aromatic heterocycles.